The van der Waals surface area contributed by atoms with Gasteiger partial charge in [-0.3, -0.25) is 4.79 Å². The van der Waals surface area contributed by atoms with Gasteiger partial charge in [0.25, 0.3) is 0 Å². The molecule has 0 aromatic rings. The Morgan fingerprint density at radius 3 is 2.94 bits per heavy atom. The van der Waals surface area contributed by atoms with E-state index in [9.17, 15) is 4.79 Å². The molecule has 2 aliphatic rings. The molecule has 0 aliphatic carbocycles. The van der Waals surface area contributed by atoms with Crippen molar-refractivity contribution >= 4 is 5.91 Å². The van der Waals surface area contributed by atoms with Crippen molar-refractivity contribution in [3.8, 4) is 0 Å². The number of rotatable bonds is 3. The quantitative estimate of drug-likeness (QED) is 0.800. The van der Waals surface area contributed by atoms with Gasteiger partial charge in [-0.1, -0.05) is 6.92 Å². The van der Waals surface area contributed by atoms with E-state index in [4.69, 9.17) is 4.74 Å². The molecule has 4 heteroatoms. The highest BCUT2D eigenvalue weighted by molar-refractivity contribution is 5.80. The Morgan fingerprint density at radius 1 is 1.41 bits per heavy atom. The van der Waals surface area contributed by atoms with Crippen LogP contribution in [0.1, 0.15) is 32.6 Å². The number of likely N-dealkylation sites (tertiary alicyclic amines) is 1. The van der Waals surface area contributed by atoms with E-state index >= 15 is 0 Å². The van der Waals surface area contributed by atoms with Crippen LogP contribution in [0.4, 0.5) is 0 Å². The third kappa shape index (κ3) is 2.63. The van der Waals surface area contributed by atoms with E-state index in [1.54, 1.807) is 0 Å². The zero-order chi connectivity index (χ0) is 12.3. The average Bonchev–Trinajstić information content (AvgIpc) is 2.86. The summed E-state index contributed by atoms with van der Waals surface area (Å²) >= 11 is 0. The van der Waals surface area contributed by atoms with Crippen LogP contribution < -0.4 is 5.32 Å². The lowest BCUT2D eigenvalue weighted by Crippen LogP contribution is -2.50. The molecule has 0 bridgehead atoms. The van der Waals surface area contributed by atoms with Gasteiger partial charge in [0.2, 0.25) is 5.91 Å². The fourth-order valence-corrected chi connectivity index (χ4v) is 3.01. The molecule has 1 amide bonds. The van der Waals surface area contributed by atoms with Crippen molar-refractivity contribution in [2.45, 2.75) is 44.7 Å². The molecule has 2 aliphatic heterocycles. The lowest BCUT2D eigenvalue weighted by molar-refractivity contribution is -0.139. The maximum Gasteiger partial charge on any atom is 0.229 e. The molecule has 98 valence electrons. The minimum Gasteiger partial charge on any atom is -0.379 e. The number of hydrogen-bond donors (Lipinski definition) is 1. The molecule has 0 aromatic carbocycles. The lowest BCUT2D eigenvalue weighted by Gasteiger charge is -2.37. The molecule has 1 N–H and O–H groups in total. The van der Waals surface area contributed by atoms with E-state index in [1.165, 1.54) is 12.8 Å². The summed E-state index contributed by atoms with van der Waals surface area (Å²) < 4.78 is 5.43. The Balaban J connectivity index is 2.02. The average molecular weight is 240 g/mol. The summed E-state index contributed by atoms with van der Waals surface area (Å²) in [4.78, 5) is 14.6. The van der Waals surface area contributed by atoms with E-state index in [0.29, 0.717) is 25.2 Å². The molecular weight excluding hydrogens is 216 g/mol. The highest BCUT2D eigenvalue weighted by Crippen LogP contribution is 2.24. The van der Waals surface area contributed by atoms with Crippen LogP contribution in [0.3, 0.4) is 0 Å². The number of nitrogens with zero attached hydrogens (tertiary/aromatic N) is 1. The van der Waals surface area contributed by atoms with E-state index in [2.05, 4.69) is 17.1 Å². The van der Waals surface area contributed by atoms with Crippen molar-refractivity contribution in [3.63, 3.8) is 0 Å². The van der Waals surface area contributed by atoms with Gasteiger partial charge in [0, 0.05) is 18.6 Å². The van der Waals surface area contributed by atoms with E-state index in [0.717, 1.165) is 19.4 Å². The molecule has 3 unspecified atom stereocenters. The van der Waals surface area contributed by atoms with Gasteiger partial charge in [-0.15, -0.1) is 0 Å². The summed E-state index contributed by atoms with van der Waals surface area (Å²) in [5.41, 5.74) is 0. The van der Waals surface area contributed by atoms with Gasteiger partial charge in [-0.25, -0.2) is 0 Å². The Labute approximate surface area is 104 Å². The van der Waals surface area contributed by atoms with Crippen LogP contribution in [0.15, 0.2) is 0 Å². The summed E-state index contributed by atoms with van der Waals surface area (Å²) in [6, 6.07) is 0.649. The van der Waals surface area contributed by atoms with Gasteiger partial charge in [-0.05, 0) is 32.7 Å². The predicted molar refractivity (Wildman–Crippen MR) is 66.8 cm³/mol. The smallest absolute Gasteiger partial charge is 0.229 e. The molecule has 4 nitrogen and oxygen atoms in total. The number of ether oxygens (including phenoxy) is 1. The van der Waals surface area contributed by atoms with Crippen molar-refractivity contribution < 1.29 is 9.53 Å². The van der Waals surface area contributed by atoms with Crippen molar-refractivity contribution in [1.29, 1.82) is 0 Å². The highest BCUT2D eigenvalue weighted by Gasteiger charge is 2.38. The first kappa shape index (κ1) is 12.8. The van der Waals surface area contributed by atoms with Crippen molar-refractivity contribution in [2.75, 3.05) is 26.8 Å². The van der Waals surface area contributed by atoms with Crippen molar-refractivity contribution in [2.24, 2.45) is 5.92 Å². The second-order valence-corrected chi connectivity index (χ2v) is 5.13. The van der Waals surface area contributed by atoms with Crippen LogP contribution in [-0.4, -0.2) is 49.7 Å². The largest absolute Gasteiger partial charge is 0.379 e. The number of piperidine rings is 1. The second-order valence-electron chi connectivity index (χ2n) is 5.13. The van der Waals surface area contributed by atoms with Crippen LogP contribution in [0, 0.1) is 5.92 Å². The molecule has 2 rings (SSSR count). The van der Waals surface area contributed by atoms with Gasteiger partial charge in [0.05, 0.1) is 19.1 Å². The number of carbonyl (C=O) groups excluding carboxylic acids is 1. The molecule has 0 aromatic heterocycles. The van der Waals surface area contributed by atoms with E-state index < -0.39 is 0 Å². The summed E-state index contributed by atoms with van der Waals surface area (Å²) in [5.74, 6) is 0.320. The maximum atomic E-state index is 12.5. The normalized spacial score (nSPS) is 34.0. The summed E-state index contributed by atoms with van der Waals surface area (Å²) in [6.45, 7) is 4.36. The number of amides is 1. The van der Waals surface area contributed by atoms with Crippen molar-refractivity contribution in [1.82, 2.24) is 10.2 Å². The van der Waals surface area contributed by atoms with Crippen LogP contribution in [0.5, 0.6) is 0 Å². The third-order valence-corrected chi connectivity index (χ3v) is 4.15. The lowest BCUT2D eigenvalue weighted by atomic mass is 9.95. The highest BCUT2D eigenvalue weighted by atomic mass is 16.5. The molecule has 2 heterocycles. The van der Waals surface area contributed by atoms with Crippen LogP contribution >= 0.6 is 0 Å². The molecular formula is C13H24N2O2. The summed E-state index contributed by atoms with van der Waals surface area (Å²) in [7, 11) is 1.91. The van der Waals surface area contributed by atoms with Crippen LogP contribution in [-0.2, 0) is 9.53 Å². The minimum atomic E-state index is 0.0205. The molecule has 3 atom stereocenters. The molecule has 0 saturated carbocycles. The predicted octanol–water partition coefficient (Wildman–Crippen LogP) is 1.01. The fourth-order valence-electron chi connectivity index (χ4n) is 3.01. The van der Waals surface area contributed by atoms with Gasteiger partial charge in [0.15, 0.2) is 0 Å². The SMILES string of the molecule is CCC1CCCCN1C(=O)C1COCC1NC. The number of nitrogens with one attached hydrogen (secondary N) is 1. The molecule has 0 radical (unpaired) electrons. The Kier molecular flexibility index (Phi) is 4.40. The first-order valence-electron chi connectivity index (χ1n) is 6.83. The fraction of sp³-hybridized carbons (Fsp3) is 0.923. The molecule has 2 fully saturated rings. The molecule has 2 saturated heterocycles. The first-order valence-corrected chi connectivity index (χ1v) is 6.83. The minimum absolute atomic E-state index is 0.0205. The number of carbonyl (C=O) groups is 1. The van der Waals surface area contributed by atoms with Gasteiger partial charge in [-0.2, -0.15) is 0 Å². The standard InChI is InChI=1S/C13H24N2O2/c1-3-10-6-4-5-7-15(10)13(16)11-8-17-9-12(11)14-2/h10-12,14H,3-9H2,1-2H3. The van der Waals surface area contributed by atoms with Gasteiger partial charge >= 0.3 is 0 Å². The van der Waals surface area contributed by atoms with E-state index in [1.807, 2.05) is 7.05 Å². The summed E-state index contributed by atoms with van der Waals surface area (Å²) in [6.07, 6.45) is 4.66. The first-order chi connectivity index (χ1) is 8.27. The topological polar surface area (TPSA) is 41.6 Å². The number of hydrogen-bond acceptors (Lipinski definition) is 3. The zero-order valence-electron chi connectivity index (χ0n) is 10.9. The van der Waals surface area contributed by atoms with Gasteiger partial charge < -0.3 is 15.0 Å². The van der Waals surface area contributed by atoms with Crippen molar-refractivity contribution in [3.05, 3.63) is 0 Å². The maximum absolute atomic E-state index is 12.5. The third-order valence-electron chi connectivity index (χ3n) is 4.15. The Hall–Kier alpha value is -0.610. The van der Waals surface area contributed by atoms with Gasteiger partial charge in [0.1, 0.15) is 0 Å². The molecule has 0 spiro atoms. The summed E-state index contributed by atoms with van der Waals surface area (Å²) in [5, 5.41) is 3.19. The van der Waals surface area contributed by atoms with Crippen LogP contribution in [0.25, 0.3) is 0 Å². The number of likely N-dealkylation sites (N-methyl/N-ethyl adjacent to an activating group) is 1. The Bertz CT molecular complexity index is 270. The monoisotopic (exact) mass is 240 g/mol. The zero-order valence-corrected chi connectivity index (χ0v) is 10.9. The second kappa shape index (κ2) is 5.83. The molecule has 17 heavy (non-hydrogen) atoms. The Morgan fingerprint density at radius 2 is 2.24 bits per heavy atom. The van der Waals surface area contributed by atoms with Crippen LogP contribution in [0.2, 0.25) is 0 Å². The van der Waals surface area contributed by atoms with E-state index in [-0.39, 0.29) is 12.0 Å².